The average Bonchev–Trinajstić information content (AvgIpc) is 2.57. The molecule has 0 unspecified atom stereocenters. The summed E-state index contributed by atoms with van der Waals surface area (Å²) in [6.07, 6.45) is 4.92. The summed E-state index contributed by atoms with van der Waals surface area (Å²) in [6.45, 7) is 0.752. The van der Waals surface area contributed by atoms with E-state index in [1.807, 2.05) is 19.2 Å². The van der Waals surface area contributed by atoms with Crippen LogP contribution in [0.5, 0.6) is 0 Å². The number of hydrogen-bond donors (Lipinski definition) is 1. The van der Waals surface area contributed by atoms with Crippen LogP contribution in [0, 0.1) is 0 Å². The van der Waals surface area contributed by atoms with E-state index in [-0.39, 0.29) is 0 Å². The third kappa shape index (κ3) is 1.99. The van der Waals surface area contributed by atoms with Gasteiger partial charge in [-0.2, -0.15) is 0 Å². The Hall–Kier alpha value is -1.42. The first-order valence-corrected chi connectivity index (χ1v) is 5.29. The van der Waals surface area contributed by atoms with Crippen LogP contribution in [0.15, 0.2) is 18.3 Å². The molecule has 15 heavy (non-hydrogen) atoms. The maximum Gasteiger partial charge on any atom is 0.159 e. The Morgan fingerprint density at radius 2 is 2.27 bits per heavy atom. The Labute approximate surface area is 89.1 Å². The summed E-state index contributed by atoms with van der Waals surface area (Å²) in [5.41, 5.74) is 7.40. The summed E-state index contributed by atoms with van der Waals surface area (Å²) in [5, 5.41) is 0. The molecule has 0 aliphatic heterocycles. The quantitative estimate of drug-likeness (QED) is 0.762. The summed E-state index contributed by atoms with van der Waals surface area (Å²) in [4.78, 5) is 8.85. The van der Waals surface area contributed by atoms with Crippen molar-refractivity contribution in [3.8, 4) is 0 Å². The standard InChI is InChI=1S/C11H16N4/c1-15-10(6-2-3-7-12)14-9-5-4-8-13-11(9)15/h4-5,8H,2-3,6-7,12H2,1H3. The van der Waals surface area contributed by atoms with Gasteiger partial charge in [-0.3, -0.25) is 0 Å². The molecular formula is C11H16N4. The molecule has 0 aliphatic carbocycles. The molecule has 0 amide bonds. The lowest BCUT2D eigenvalue weighted by Crippen LogP contribution is -2.02. The van der Waals surface area contributed by atoms with Crippen molar-refractivity contribution in [1.82, 2.24) is 14.5 Å². The predicted octanol–water partition coefficient (Wildman–Crippen LogP) is 1.25. The number of nitrogens with zero attached hydrogens (tertiary/aromatic N) is 3. The van der Waals surface area contributed by atoms with E-state index in [0.717, 1.165) is 42.8 Å². The summed E-state index contributed by atoms with van der Waals surface area (Å²) in [5.74, 6) is 1.09. The molecule has 0 spiro atoms. The van der Waals surface area contributed by atoms with Crippen molar-refractivity contribution in [2.45, 2.75) is 19.3 Å². The molecule has 2 aromatic heterocycles. The molecule has 0 aliphatic rings. The molecule has 2 aromatic rings. The maximum absolute atomic E-state index is 5.47. The minimum Gasteiger partial charge on any atom is -0.330 e. The maximum atomic E-state index is 5.47. The van der Waals surface area contributed by atoms with Gasteiger partial charge in [-0.15, -0.1) is 0 Å². The lowest BCUT2D eigenvalue weighted by Gasteiger charge is -2.00. The number of imidazole rings is 1. The molecule has 0 radical (unpaired) electrons. The van der Waals surface area contributed by atoms with Gasteiger partial charge in [-0.25, -0.2) is 9.97 Å². The third-order valence-corrected chi connectivity index (χ3v) is 2.57. The summed E-state index contributed by atoms with van der Waals surface area (Å²) < 4.78 is 2.06. The van der Waals surface area contributed by atoms with Crippen molar-refractivity contribution >= 4 is 11.2 Å². The summed E-state index contributed by atoms with van der Waals surface area (Å²) in [6, 6.07) is 3.91. The van der Waals surface area contributed by atoms with Crippen LogP contribution in [0.25, 0.3) is 11.2 Å². The fraction of sp³-hybridized carbons (Fsp3) is 0.455. The van der Waals surface area contributed by atoms with Gasteiger partial charge in [-0.05, 0) is 31.5 Å². The fourth-order valence-electron chi connectivity index (χ4n) is 1.72. The van der Waals surface area contributed by atoms with E-state index in [0.29, 0.717) is 0 Å². The Bertz CT molecular complexity index is 447. The molecular weight excluding hydrogens is 188 g/mol. The molecule has 4 heteroatoms. The Morgan fingerprint density at radius 1 is 1.40 bits per heavy atom. The van der Waals surface area contributed by atoms with Crippen LogP contribution in [0.4, 0.5) is 0 Å². The average molecular weight is 204 g/mol. The van der Waals surface area contributed by atoms with Crippen molar-refractivity contribution in [2.75, 3.05) is 6.54 Å². The van der Waals surface area contributed by atoms with Crippen molar-refractivity contribution in [1.29, 1.82) is 0 Å². The van der Waals surface area contributed by atoms with Crippen LogP contribution in [0.3, 0.4) is 0 Å². The van der Waals surface area contributed by atoms with Crippen LogP contribution < -0.4 is 5.73 Å². The summed E-state index contributed by atoms with van der Waals surface area (Å²) >= 11 is 0. The van der Waals surface area contributed by atoms with Gasteiger partial charge in [0.2, 0.25) is 0 Å². The Morgan fingerprint density at radius 3 is 3.00 bits per heavy atom. The van der Waals surface area contributed by atoms with Crippen molar-refractivity contribution < 1.29 is 0 Å². The fourth-order valence-corrected chi connectivity index (χ4v) is 1.72. The van der Waals surface area contributed by atoms with Gasteiger partial charge in [0, 0.05) is 19.7 Å². The number of hydrogen-bond acceptors (Lipinski definition) is 3. The highest BCUT2D eigenvalue weighted by molar-refractivity contribution is 5.70. The second kappa shape index (κ2) is 4.40. The third-order valence-electron chi connectivity index (χ3n) is 2.57. The first-order chi connectivity index (χ1) is 7.33. The highest BCUT2D eigenvalue weighted by atomic mass is 15.1. The Kier molecular flexibility index (Phi) is 2.97. The molecule has 80 valence electrons. The smallest absolute Gasteiger partial charge is 0.159 e. The normalized spacial score (nSPS) is 11.1. The van der Waals surface area contributed by atoms with Crippen LogP contribution in [0.1, 0.15) is 18.7 Å². The highest BCUT2D eigenvalue weighted by Crippen LogP contribution is 2.12. The van der Waals surface area contributed by atoms with Crippen LogP contribution in [-0.2, 0) is 13.5 Å². The lowest BCUT2D eigenvalue weighted by molar-refractivity contribution is 0.692. The van der Waals surface area contributed by atoms with Gasteiger partial charge in [0.1, 0.15) is 11.3 Å². The van der Waals surface area contributed by atoms with Gasteiger partial charge in [-0.1, -0.05) is 0 Å². The number of aryl methyl sites for hydroxylation is 2. The first-order valence-electron chi connectivity index (χ1n) is 5.29. The molecule has 2 N–H and O–H groups in total. The van der Waals surface area contributed by atoms with E-state index in [1.54, 1.807) is 6.20 Å². The number of rotatable bonds is 4. The first kappa shape index (κ1) is 10.1. The lowest BCUT2D eigenvalue weighted by atomic mass is 10.2. The monoisotopic (exact) mass is 204 g/mol. The van der Waals surface area contributed by atoms with Crippen molar-refractivity contribution in [3.63, 3.8) is 0 Å². The molecule has 0 atom stereocenters. The summed E-state index contributed by atoms with van der Waals surface area (Å²) in [7, 11) is 2.01. The van der Waals surface area contributed by atoms with Gasteiger partial charge in [0.05, 0.1) is 0 Å². The van der Waals surface area contributed by atoms with E-state index in [4.69, 9.17) is 5.73 Å². The van der Waals surface area contributed by atoms with Crippen LogP contribution >= 0.6 is 0 Å². The van der Waals surface area contributed by atoms with E-state index in [2.05, 4.69) is 14.5 Å². The number of unbranched alkanes of at least 4 members (excludes halogenated alkanes) is 1. The SMILES string of the molecule is Cn1c(CCCCN)nc2cccnc21. The minimum absolute atomic E-state index is 0.752. The van der Waals surface area contributed by atoms with E-state index in [1.165, 1.54) is 0 Å². The molecule has 0 bridgehead atoms. The topological polar surface area (TPSA) is 56.7 Å². The molecule has 0 saturated carbocycles. The zero-order valence-electron chi connectivity index (χ0n) is 8.98. The Balaban J connectivity index is 2.24. The molecule has 2 rings (SSSR count). The van der Waals surface area contributed by atoms with Gasteiger partial charge in [0.25, 0.3) is 0 Å². The molecule has 4 nitrogen and oxygen atoms in total. The van der Waals surface area contributed by atoms with Crippen molar-refractivity contribution in [2.24, 2.45) is 12.8 Å². The van der Waals surface area contributed by atoms with Gasteiger partial charge in [0.15, 0.2) is 5.65 Å². The largest absolute Gasteiger partial charge is 0.330 e. The second-order valence-electron chi connectivity index (χ2n) is 3.68. The highest BCUT2D eigenvalue weighted by Gasteiger charge is 2.06. The van der Waals surface area contributed by atoms with Crippen molar-refractivity contribution in [3.05, 3.63) is 24.2 Å². The number of pyridine rings is 1. The van der Waals surface area contributed by atoms with E-state index >= 15 is 0 Å². The molecule has 2 heterocycles. The zero-order chi connectivity index (χ0) is 10.7. The van der Waals surface area contributed by atoms with Gasteiger partial charge < -0.3 is 10.3 Å². The predicted molar refractivity (Wildman–Crippen MR) is 60.5 cm³/mol. The minimum atomic E-state index is 0.752. The molecule has 0 aromatic carbocycles. The van der Waals surface area contributed by atoms with E-state index in [9.17, 15) is 0 Å². The second-order valence-corrected chi connectivity index (χ2v) is 3.68. The van der Waals surface area contributed by atoms with Gasteiger partial charge >= 0.3 is 0 Å². The van der Waals surface area contributed by atoms with E-state index < -0.39 is 0 Å². The number of fused-ring (bicyclic) bond motifs is 1. The molecule has 0 fully saturated rings. The zero-order valence-corrected chi connectivity index (χ0v) is 8.98. The van der Waals surface area contributed by atoms with Crippen LogP contribution in [0.2, 0.25) is 0 Å². The number of nitrogens with two attached hydrogens (primary N) is 1. The molecule has 0 saturated heterocycles. The number of aromatic nitrogens is 3. The van der Waals surface area contributed by atoms with Crippen LogP contribution in [-0.4, -0.2) is 21.1 Å².